The number of nitrogens with zero attached hydrogens (tertiary/aromatic N) is 3. The molecule has 4 heteroatoms. The molecule has 20 heavy (non-hydrogen) atoms. The molecule has 1 aliphatic heterocycles. The van der Waals surface area contributed by atoms with Gasteiger partial charge in [0.1, 0.15) is 0 Å². The Morgan fingerprint density at radius 3 is 2.95 bits per heavy atom. The zero-order valence-corrected chi connectivity index (χ0v) is 12.2. The van der Waals surface area contributed by atoms with Crippen LogP contribution in [-0.4, -0.2) is 43.1 Å². The first kappa shape index (κ1) is 13.2. The molecule has 1 saturated heterocycles. The zero-order valence-electron chi connectivity index (χ0n) is 12.2. The van der Waals surface area contributed by atoms with E-state index >= 15 is 0 Å². The van der Waals surface area contributed by atoms with E-state index in [2.05, 4.69) is 34.9 Å². The monoisotopic (exact) mass is 270 g/mol. The molecule has 1 aliphatic rings. The highest BCUT2D eigenvalue weighted by Crippen LogP contribution is 2.31. The van der Waals surface area contributed by atoms with E-state index in [4.69, 9.17) is 5.73 Å². The van der Waals surface area contributed by atoms with Crippen LogP contribution in [-0.2, 0) is 0 Å². The summed E-state index contributed by atoms with van der Waals surface area (Å²) in [5.74, 6) is 0. The number of anilines is 2. The highest BCUT2D eigenvalue weighted by Gasteiger charge is 2.23. The number of benzene rings is 1. The average Bonchev–Trinajstić information content (AvgIpc) is 2.84. The zero-order chi connectivity index (χ0) is 14.1. The summed E-state index contributed by atoms with van der Waals surface area (Å²) in [6, 6.07) is 8.81. The van der Waals surface area contributed by atoms with E-state index in [0.29, 0.717) is 6.04 Å². The number of likely N-dealkylation sites (N-methyl/N-ethyl adjacent to an activating group) is 2. The fourth-order valence-corrected chi connectivity index (χ4v) is 3.19. The number of nitrogen functional groups attached to an aromatic ring is 1. The van der Waals surface area contributed by atoms with Crippen LogP contribution in [0.1, 0.15) is 12.8 Å². The molecule has 0 saturated carbocycles. The van der Waals surface area contributed by atoms with Gasteiger partial charge in [-0.2, -0.15) is 0 Å². The van der Waals surface area contributed by atoms with Gasteiger partial charge in [0, 0.05) is 25.0 Å². The van der Waals surface area contributed by atoms with Crippen molar-refractivity contribution >= 4 is 22.3 Å². The number of likely N-dealkylation sites (tertiary alicyclic amines) is 1. The lowest BCUT2D eigenvalue weighted by Gasteiger charge is -2.29. The number of hydrogen-bond acceptors (Lipinski definition) is 4. The van der Waals surface area contributed by atoms with Crippen LogP contribution in [0.3, 0.4) is 0 Å². The topological polar surface area (TPSA) is 45.4 Å². The van der Waals surface area contributed by atoms with Crippen LogP contribution in [0.25, 0.3) is 10.9 Å². The first-order valence-corrected chi connectivity index (χ1v) is 7.21. The molecule has 4 nitrogen and oxygen atoms in total. The van der Waals surface area contributed by atoms with E-state index in [1.807, 2.05) is 18.2 Å². The fraction of sp³-hybridized carbons (Fsp3) is 0.438. The molecule has 1 unspecified atom stereocenters. The highest BCUT2D eigenvalue weighted by molar-refractivity contribution is 5.97. The minimum Gasteiger partial charge on any atom is -0.396 e. The van der Waals surface area contributed by atoms with Crippen molar-refractivity contribution in [1.29, 1.82) is 0 Å². The molecular formula is C16H22N4. The van der Waals surface area contributed by atoms with E-state index in [1.165, 1.54) is 19.4 Å². The van der Waals surface area contributed by atoms with Gasteiger partial charge in [-0.15, -0.1) is 0 Å². The maximum atomic E-state index is 6.18. The first-order chi connectivity index (χ1) is 9.66. The van der Waals surface area contributed by atoms with Crippen LogP contribution in [0.5, 0.6) is 0 Å². The molecule has 3 rings (SSSR count). The smallest absolute Gasteiger partial charge is 0.0745 e. The van der Waals surface area contributed by atoms with Crippen molar-refractivity contribution in [2.45, 2.75) is 18.9 Å². The number of fused-ring (bicyclic) bond motifs is 1. The second-order valence-electron chi connectivity index (χ2n) is 5.74. The third kappa shape index (κ3) is 2.31. The van der Waals surface area contributed by atoms with E-state index in [0.717, 1.165) is 28.8 Å². The van der Waals surface area contributed by atoms with Gasteiger partial charge in [-0.25, -0.2) is 0 Å². The molecule has 2 aromatic rings. The number of hydrogen-bond donors (Lipinski definition) is 1. The number of para-hydroxylation sites is 1. The molecule has 1 aromatic heterocycles. The standard InChI is InChI=1S/C16H22N4/c1-19-9-5-6-12(19)11-20(2)16-13-7-3-4-8-15(13)18-10-14(16)17/h3-4,7-8,10,12H,5-6,9,11,17H2,1-2H3. The van der Waals surface area contributed by atoms with Gasteiger partial charge < -0.3 is 15.5 Å². The molecule has 0 aliphatic carbocycles. The highest BCUT2D eigenvalue weighted by atomic mass is 15.2. The van der Waals surface area contributed by atoms with E-state index in [-0.39, 0.29) is 0 Å². The van der Waals surface area contributed by atoms with Gasteiger partial charge in [0.2, 0.25) is 0 Å². The SMILES string of the molecule is CN(CC1CCCN1C)c1c(N)cnc2ccccc12. The number of pyridine rings is 1. The number of rotatable bonds is 3. The van der Waals surface area contributed by atoms with Crippen molar-refractivity contribution in [3.8, 4) is 0 Å². The molecule has 1 aromatic carbocycles. The summed E-state index contributed by atoms with van der Waals surface area (Å²) >= 11 is 0. The van der Waals surface area contributed by atoms with Crippen molar-refractivity contribution in [2.75, 3.05) is 37.8 Å². The summed E-state index contributed by atoms with van der Waals surface area (Å²) < 4.78 is 0. The summed E-state index contributed by atoms with van der Waals surface area (Å²) in [5, 5.41) is 1.13. The first-order valence-electron chi connectivity index (χ1n) is 7.21. The largest absolute Gasteiger partial charge is 0.396 e. The maximum Gasteiger partial charge on any atom is 0.0745 e. The Bertz CT molecular complexity index is 610. The van der Waals surface area contributed by atoms with E-state index in [1.54, 1.807) is 6.20 Å². The lowest BCUT2D eigenvalue weighted by Crippen LogP contribution is -2.37. The van der Waals surface area contributed by atoms with Gasteiger partial charge in [-0.1, -0.05) is 18.2 Å². The average molecular weight is 270 g/mol. The minimum absolute atomic E-state index is 0.617. The summed E-state index contributed by atoms with van der Waals surface area (Å²) in [4.78, 5) is 9.13. The van der Waals surface area contributed by atoms with Crippen molar-refractivity contribution in [3.63, 3.8) is 0 Å². The second kappa shape index (κ2) is 5.29. The number of nitrogens with two attached hydrogens (primary N) is 1. The Morgan fingerprint density at radius 1 is 1.40 bits per heavy atom. The summed E-state index contributed by atoms with van der Waals surface area (Å²) in [6.07, 6.45) is 4.33. The van der Waals surface area contributed by atoms with Gasteiger partial charge in [0.05, 0.1) is 23.1 Å². The lowest BCUT2D eigenvalue weighted by molar-refractivity contribution is 0.314. The van der Waals surface area contributed by atoms with Crippen molar-refractivity contribution in [3.05, 3.63) is 30.5 Å². The molecular weight excluding hydrogens is 248 g/mol. The lowest BCUT2D eigenvalue weighted by atomic mass is 10.1. The Hall–Kier alpha value is -1.81. The van der Waals surface area contributed by atoms with Crippen molar-refractivity contribution < 1.29 is 0 Å². The molecule has 1 fully saturated rings. The van der Waals surface area contributed by atoms with Gasteiger partial charge in [0.25, 0.3) is 0 Å². The summed E-state index contributed by atoms with van der Waals surface area (Å²) in [7, 11) is 4.34. The third-order valence-corrected chi connectivity index (χ3v) is 4.31. The fourth-order valence-electron chi connectivity index (χ4n) is 3.19. The molecule has 0 bridgehead atoms. The predicted molar refractivity (Wildman–Crippen MR) is 85.1 cm³/mol. The van der Waals surface area contributed by atoms with Crippen LogP contribution < -0.4 is 10.6 Å². The van der Waals surface area contributed by atoms with E-state index < -0.39 is 0 Å². The van der Waals surface area contributed by atoms with Crippen LogP contribution in [0.15, 0.2) is 30.5 Å². The molecule has 1 atom stereocenters. The third-order valence-electron chi connectivity index (χ3n) is 4.31. The molecule has 2 heterocycles. The van der Waals surface area contributed by atoms with Crippen molar-refractivity contribution in [1.82, 2.24) is 9.88 Å². The Balaban J connectivity index is 1.94. The predicted octanol–water partition coefficient (Wildman–Crippen LogP) is 2.35. The van der Waals surface area contributed by atoms with Gasteiger partial charge in [-0.05, 0) is 32.5 Å². The summed E-state index contributed by atoms with van der Waals surface area (Å²) in [6.45, 7) is 2.21. The summed E-state index contributed by atoms with van der Waals surface area (Å²) in [5.41, 5.74) is 9.05. The minimum atomic E-state index is 0.617. The normalized spacial score (nSPS) is 19.6. The Morgan fingerprint density at radius 2 is 2.20 bits per heavy atom. The van der Waals surface area contributed by atoms with Gasteiger partial charge >= 0.3 is 0 Å². The molecule has 0 amide bonds. The van der Waals surface area contributed by atoms with Gasteiger partial charge in [-0.3, -0.25) is 4.98 Å². The molecule has 0 spiro atoms. The van der Waals surface area contributed by atoms with Crippen LogP contribution in [0.4, 0.5) is 11.4 Å². The number of aromatic nitrogens is 1. The van der Waals surface area contributed by atoms with E-state index in [9.17, 15) is 0 Å². The van der Waals surface area contributed by atoms with Crippen LogP contribution in [0, 0.1) is 0 Å². The quantitative estimate of drug-likeness (QED) is 0.930. The molecule has 106 valence electrons. The molecule has 0 radical (unpaired) electrons. The van der Waals surface area contributed by atoms with Crippen molar-refractivity contribution in [2.24, 2.45) is 0 Å². The Kier molecular flexibility index (Phi) is 3.49. The van der Waals surface area contributed by atoms with Gasteiger partial charge in [0.15, 0.2) is 0 Å². The van der Waals surface area contributed by atoms with Crippen LogP contribution >= 0.6 is 0 Å². The maximum absolute atomic E-state index is 6.18. The van der Waals surface area contributed by atoms with Crippen LogP contribution in [0.2, 0.25) is 0 Å². The molecule has 2 N–H and O–H groups in total. The Labute approximate surface area is 120 Å². The second-order valence-corrected chi connectivity index (χ2v) is 5.74.